The van der Waals surface area contributed by atoms with Gasteiger partial charge >= 0.3 is 0 Å². The van der Waals surface area contributed by atoms with Crippen molar-refractivity contribution in [2.75, 3.05) is 11.9 Å². The molecule has 1 heterocycles. The van der Waals surface area contributed by atoms with Gasteiger partial charge in [0.2, 0.25) is 5.28 Å². The van der Waals surface area contributed by atoms with E-state index < -0.39 is 0 Å². The Morgan fingerprint density at radius 3 is 2.58 bits per heavy atom. The topological polar surface area (TPSA) is 41.9 Å². The highest BCUT2D eigenvalue weighted by molar-refractivity contribution is 6.32. The molecule has 0 aliphatic rings. The van der Waals surface area contributed by atoms with Crippen molar-refractivity contribution in [3.63, 3.8) is 0 Å². The van der Waals surface area contributed by atoms with Crippen molar-refractivity contribution in [2.24, 2.45) is 0 Å². The summed E-state index contributed by atoms with van der Waals surface area (Å²) < 4.78 is 13.8. The Kier molecular flexibility index (Phi) is 4.17. The van der Waals surface area contributed by atoms with Gasteiger partial charge < -0.3 is 4.90 Å². The third kappa shape index (κ3) is 2.93. The van der Waals surface area contributed by atoms with Gasteiger partial charge in [0.05, 0.1) is 6.04 Å². The van der Waals surface area contributed by atoms with Crippen LogP contribution in [-0.2, 0) is 0 Å². The zero-order valence-corrected chi connectivity index (χ0v) is 11.8. The SMILES string of the molecule is CC(c1ccccc1F)N(C)c1nc(Cl)nnc1Cl. The number of hydrogen-bond donors (Lipinski definition) is 0. The van der Waals surface area contributed by atoms with E-state index in [1.54, 1.807) is 30.1 Å². The molecule has 2 rings (SSSR count). The van der Waals surface area contributed by atoms with Gasteiger partial charge in [0.15, 0.2) is 11.0 Å². The van der Waals surface area contributed by atoms with E-state index in [1.807, 2.05) is 6.92 Å². The first kappa shape index (κ1) is 14.0. The molecule has 0 N–H and O–H groups in total. The third-order valence-corrected chi connectivity index (χ3v) is 3.28. The molecule has 0 saturated carbocycles. The second-order valence-electron chi connectivity index (χ2n) is 4.00. The van der Waals surface area contributed by atoms with Crippen molar-refractivity contribution in [1.29, 1.82) is 0 Å². The number of rotatable bonds is 3. The largest absolute Gasteiger partial charge is 0.350 e. The van der Waals surface area contributed by atoms with Crippen LogP contribution >= 0.6 is 23.2 Å². The average Bonchev–Trinajstić information content (AvgIpc) is 2.40. The highest BCUT2D eigenvalue weighted by Crippen LogP contribution is 2.29. The molecule has 100 valence electrons. The molecule has 1 unspecified atom stereocenters. The Hall–Kier alpha value is -1.46. The molecule has 0 amide bonds. The fourth-order valence-electron chi connectivity index (χ4n) is 1.72. The Bertz CT molecular complexity index is 594. The van der Waals surface area contributed by atoms with Gasteiger partial charge in [-0.15, -0.1) is 10.2 Å². The van der Waals surface area contributed by atoms with Crippen LogP contribution in [0.5, 0.6) is 0 Å². The average molecular weight is 301 g/mol. The van der Waals surface area contributed by atoms with Crippen molar-refractivity contribution in [1.82, 2.24) is 15.2 Å². The van der Waals surface area contributed by atoms with Crippen LogP contribution in [0.3, 0.4) is 0 Å². The van der Waals surface area contributed by atoms with Crippen LogP contribution in [0.2, 0.25) is 10.4 Å². The molecule has 4 nitrogen and oxygen atoms in total. The molecule has 7 heteroatoms. The van der Waals surface area contributed by atoms with E-state index >= 15 is 0 Å². The van der Waals surface area contributed by atoms with E-state index in [9.17, 15) is 4.39 Å². The number of anilines is 1. The predicted octanol–water partition coefficient (Wildman–Crippen LogP) is 3.51. The zero-order chi connectivity index (χ0) is 14.0. The minimum Gasteiger partial charge on any atom is -0.350 e. The maximum absolute atomic E-state index is 13.8. The Labute approximate surface area is 120 Å². The van der Waals surface area contributed by atoms with E-state index in [-0.39, 0.29) is 22.3 Å². The molecule has 0 saturated heterocycles. The number of benzene rings is 1. The maximum atomic E-state index is 13.8. The van der Waals surface area contributed by atoms with Gasteiger partial charge in [-0.3, -0.25) is 0 Å². The van der Waals surface area contributed by atoms with Crippen molar-refractivity contribution in [3.8, 4) is 0 Å². The maximum Gasteiger partial charge on any atom is 0.245 e. The fraction of sp³-hybridized carbons (Fsp3) is 0.250. The molecule has 1 aromatic heterocycles. The summed E-state index contributed by atoms with van der Waals surface area (Å²) in [6.45, 7) is 1.84. The summed E-state index contributed by atoms with van der Waals surface area (Å²) >= 11 is 11.6. The summed E-state index contributed by atoms with van der Waals surface area (Å²) in [5.74, 6) is 0.0727. The molecule has 0 aliphatic carbocycles. The van der Waals surface area contributed by atoms with Gasteiger partial charge in [0.1, 0.15) is 5.82 Å². The minimum absolute atomic E-state index is 0.00742. The Balaban J connectivity index is 2.36. The monoisotopic (exact) mass is 300 g/mol. The van der Waals surface area contributed by atoms with Gasteiger partial charge in [0.25, 0.3) is 0 Å². The van der Waals surface area contributed by atoms with Crippen LogP contribution in [0.4, 0.5) is 10.2 Å². The van der Waals surface area contributed by atoms with E-state index in [0.717, 1.165) is 0 Å². The number of aromatic nitrogens is 3. The lowest BCUT2D eigenvalue weighted by Crippen LogP contribution is -2.24. The van der Waals surface area contributed by atoms with E-state index in [4.69, 9.17) is 23.2 Å². The highest BCUT2D eigenvalue weighted by atomic mass is 35.5. The molecule has 0 aliphatic heterocycles. The molecule has 0 bridgehead atoms. The highest BCUT2D eigenvalue weighted by Gasteiger charge is 2.20. The van der Waals surface area contributed by atoms with Crippen LogP contribution in [-0.4, -0.2) is 22.2 Å². The van der Waals surface area contributed by atoms with Crippen LogP contribution in [0.25, 0.3) is 0 Å². The Morgan fingerprint density at radius 2 is 1.89 bits per heavy atom. The Morgan fingerprint density at radius 1 is 1.21 bits per heavy atom. The first-order valence-electron chi connectivity index (χ1n) is 5.53. The first-order valence-corrected chi connectivity index (χ1v) is 6.29. The number of halogens is 3. The van der Waals surface area contributed by atoms with Gasteiger partial charge in [-0.05, 0) is 24.6 Å². The molecule has 0 fully saturated rings. The lowest BCUT2D eigenvalue weighted by molar-refractivity contribution is 0.583. The van der Waals surface area contributed by atoms with Gasteiger partial charge in [-0.2, -0.15) is 4.98 Å². The lowest BCUT2D eigenvalue weighted by Gasteiger charge is -2.26. The minimum atomic E-state index is -0.286. The van der Waals surface area contributed by atoms with Crippen molar-refractivity contribution in [3.05, 3.63) is 46.1 Å². The molecule has 1 aromatic carbocycles. The number of nitrogens with zero attached hydrogens (tertiary/aromatic N) is 4. The first-order chi connectivity index (χ1) is 9.00. The van der Waals surface area contributed by atoms with Crippen LogP contribution in [0.15, 0.2) is 24.3 Å². The molecular weight excluding hydrogens is 290 g/mol. The lowest BCUT2D eigenvalue weighted by atomic mass is 10.1. The van der Waals surface area contributed by atoms with E-state index in [2.05, 4.69) is 15.2 Å². The smallest absolute Gasteiger partial charge is 0.245 e. The summed E-state index contributed by atoms with van der Waals surface area (Å²) in [7, 11) is 1.74. The molecular formula is C12H11Cl2FN4. The third-order valence-electron chi connectivity index (χ3n) is 2.87. The van der Waals surface area contributed by atoms with Gasteiger partial charge in [-0.1, -0.05) is 29.8 Å². The van der Waals surface area contributed by atoms with E-state index in [1.165, 1.54) is 6.07 Å². The van der Waals surface area contributed by atoms with Crippen molar-refractivity contribution < 1.29 is 4.39 Å². The van der Waals surface area contributed by atoms with E-state index in [0.29, 0.717) is 11.4 Å². The van der Waals surface area contributed by atoms with Gasteiger partial charge in [-0.25, -0.2) is 4.39 Å². The predicted molar refractivity (Wildman–Crippen MR) is 73.1 cm³/mol. The summed E-state index contributed by atoms with van der Waals surface area (Å²) in [4.78, 5) is 5.71. The second-order valence-corrected chi connectivity index (χ2v) is 4.70. The van der Waals surface area contributed by atoms with Crippen LogP contribution in [0, 0.1) is 5.82 Å². The van der Waals surface area contributed by atoms with Crippen molar-refractivity contribution in [2.45, 2.75) is 13.0 Å². The molecule has 0 spiro atoms. The van der Waals surface area contributed by atoms with Crippen molar-refractivity contribution >= 4 is 29.0 Å². The fourth-order valence-corrected chi connectivity index (χ4v) is 2.05. The second kappa shape index (κ2) is 5.67. The quantitative estimate of drug-likeness (QED) is 0.870. The zero-order valence-electron chi connectivity index (χ0n) is 10.3. The summed E-state index contributed by atoms with van der Waals surface area (Å²) in [5, 5.41) is 7.34. The van der Waals surface area contributed by atoms with Crippen LogP contribution < -0.4 is 4.90 Å². The molecule has 0 radical (unpaired) electrons. The summed E-state index contributed by atoms with van der Waals surface area (Å²) in [5.41, 5.74) is 0.538. The van der Waals surface area contributed by atoms with Gasteiger partial charge in [0, 0.05) is 12.6 Å². The van der Waals surface area contributed by atoms with Crippen LogP contribution in [0.1, 0.15) is 18.5 Å². The molecule has 2 aromatic rings. The summed E-state index contributed by atoms with van der Waals surface area (Å²) in [6.07, 6.45) is 0. The summed E-state index contributed by atoms with van der Waals surface area (Å²) in [6, 6.07) is 6.26. The normalized spacial score (nSPS) is 12.3. The number of hydrogen-bond acceptors (Lipinski definition) is 4. The standard InChI is InChI=1S/C12H11Cl2FN4/c1-7(8-5-3-4-6-9(8)15)19(2)11-10(13)17-18-12(14)16-11/h3-7H,1-2H3. The molecule has 19 heavy (non-hydrogen) atoms. The molecule has 1 atom stereocenters.